The van der Waals surface area contributed by atoms with Crippen LogP contribution in [0.15, 0.2) is 29.3 Å². The third kappa shape index (κ3) is 7.06. The SMILES string of the molecule is CC(C)CCCC(C)NC(=NCC(=O)N(C)C)NC1CCOc2ccccc21. The zero-order valence-corrected chi connectivity index (χ0v) is 18.0. The summed E-state index contributed by atoms with van der Waals surface area (Å²) in [5.74, 6) is 2.31. The number of fused-ring (bicyclic) bond motifs is 1. The van der Waals surface area contributed by atoms with Crippen molar-refractivity contribution in [3.05, 3.63) is 29.8 Å². The van der Waals surface area contributed by atoms with Crippen LogP contribution in [0.5, 0.6) is 5.75 Å². The molecule has 1 aliphatic rings. The maximum atomic E-state index is 12.0. The number of hydrogen-bond acceptors (Lipinski definition) is 3. The van der Waals surface area contributed by atoms with Gasteiger partial charge in [-0.1, -0.05) is 44.9 Å². The number of para-hydroxylation sites is 1. The molecular weight excluding hydrogens is 352 g/mol. The van der Waals surface area contributed by atoms with Gasteiger partial charge in [-0.25, -0.2) is 4.99 Å². The van der Waals surface area contributed by atoms with Gasteiger partial charge in [0.1, 0.15) is 12.3 Å². The maximum absolute atomic E-state index is 12.0. The van der Waals surface area contributed by atoms with Crippen molar-refractivity contribution in [2.45, 2.75) is 58.5 Å². The van der Waals surface area contributed by atoms with E-state index in [9.17, 15) is 4.79 Å². The van der Waals surface area contributed by atoms with E-state index in [2.05, 4.69) is 42.5 Å². The number of likely N-dealkylation sites (N-methyl/N-ethyl adjacent to an activating group) is 1. The number of benzene rings is 1. The van der Waals surface area contributed by atoms with Crippen LogP contribution < -0.4 is 15.4 Å². The van der Waals surface area contributed by atoms with Gasteiger partial charge in [0, 0.05) is 32.1 Å². The van der Waals surface area contributed by atoms with Gasteiger partial charge >= 0.3 is 0 Å². The molecule has 0 fully saturated rings. The normalized spacial score (nSPS) is 17.5. The molecule has 2 atom stereocenters. The van der Waals surface area contributed by atoms with Crippen molar-refractivity contribution in [3.63, 3.8) is 0 Å². The topological polar surface area (TPSA) is 66.0 Å². The summed E-state index contributed by atoms with van der Waals surface area (Å²) in [6.45, 7) is 7.47. The zero-order valence-electron chi connectivity index (χ0n) is 18.0. The second kappa shape index (κ2) is 10.9. The van der Waals surface area contributed by atoms with Crippen molar-refractivity contribution in [3.8, 4) is 5.75 Å². The predicted octanol–water partition coefficient (Wildman–Crippen LogP) is 3.35. The van der Waals surface area contributed by atoms with Crippen LogP contribution >= 0.6 is 0 Å². The monoisotopic (exact) mass is 388 g/mol. The highest BCUT2D eigenvalue weighted by Crippen LogP contribution is 2.31. The fourth-order valence-electron chi connectivity index (χ4n) is 3.22. The Labute approximate surface area is 169 Å². The Morgan fingerprint density at radius 2 is 2.00 bits per heavy atom. The summed E-state index contributed by atoms with van der Waals surface area (Å²) in [6, 6.07) is 8.50. The van der Waals surface area contributed by atoms with Crippen LogP contribution in [0.3, 0.4) is 0 Å². The molecule has 0 saturated heterocycles. The van der Waals surface area contributed by atoms with Crippen LogP contribution in [0.4, 0.5) is 0 Å². The van der Waals surface area contributed by atoms with Crippen LogP contribution in [0.1, 0.15) is 58.1 Å². The molecule has 156 valence electrons. The Balaban J connectivity index is 2.06. The summed E-state index contributed by atoms with van der Waals surface area (Å²) in [4.78, 5) is 18.1. The smallest absolute Gasteiger partial charge is 0.243 e. The predicted molar refractivity (Wildman–Crippen MR) is 115 cm³/mol. The van der Waals surface area contributed by atoms with Gasteiger partial charge in [0.15, 0.2) is 5.96 Å². The Morgan fingerprint density at radius 1 is 1.25 bits per heavy atom. The number of carbonyl (C=O) groups excluding carboxylic acids is 1. The highest BCUT2D eigenvalue weighted by molar-refractivity contribution is 5.85. The minimum absolute atomic E-state index is 0.0130. The lowest BCUT2D eigenvalue weighted by molar-refractivity contribution is -0.127. The first-order valence-corrected chi connectivity index (χ1v) is 10.4. The van der Waals surface area contributed by atoms with Crippen LogP contribution in [-0.2, 0) is 4.79 Å². The third-order valence-corrected chi connectivity index (χ3v) is 4.94. The molecule has 1 aromatic carbocycles. The molecule has 0 saturated carbocycles. The number of carbonyl (C=O) groups is 1. The number of nitrogens with one attached hydrogen (secondary N) is 2. The van der Waals surface area contributed by atoms with Crippen molar-refractivity contribution in [1.82, 2.24) is 15.5 Å². The first-order valence-electron chi connectivity index (χ1n) is 10.4. The molecule has 2 N–H and O–H groups in total. The van der Waals surface area contributed by atoms with Crippen molar-refractivity contribution in [1.29, 1.82) is 0 Å². The van der Waals surface area contributed by atoms with Gasteiger partial charge < -0.3 is 20.3 Å². The van der Waals surface area contributed by atoms with Gasteiger partial charge in [-0.05, 0) is 25.3 Å². The lowest BCUT2D eigenvalue weighted by atomic mass is 10.0. The number of aliphatic imine (C=N–C) groups is 1. The Kier molecular flexibility index (Phi) is 8.61. The first kappa shape index (κ1) is 22.1. The summed E-state index contributed by atoms with van der Waals surface area (Å²) in [7, 11) is 3.50. The molecule has 0 bridgehead atoms. The number of hydrogen-bond donors (Lipinski definition) is 2. The van der Waals surface area contributed by atoms with Gasteiger partial charge in [-0.3, -0.25) is 4.79 Å². The summed E-state index contributed by atoms with van der Waals surface area (Å²) < 4.78 is 5.76. The fraction of sp³-hybridized carbons (Fsp3) is 0.636. The molecule has 0 spiro atoms. The van der Waals surface area contributed by atoms with E-state index in [4.69, 9.17) is 4.74 Å². The minimum Gasteiger partial charge on any atom is -0.493 e. The van der Waals surface area contributed by atoms with E-state index < -0.39 is 0 Å². The number of ether oxygens (including phenoxy) is 1. The highest BCUT2D eigenvalue weighted by Gasteiger charge is 2.22. The summed E-state index contributed by atoms with van der Waals surface area (Å²) in [6.07, 6.45) is 4.33. The molecule has 0 aromatic heterocycles. The van der Waals surface area contributed by atoms with Gasteiger partial charge in [-0.15, -0.1) is 0 Å². The maximum Gasteiger partial charge on any atom is 0.243 e. The molecule has 1 amide bonds. The van der Waals surface area contributed by atoms with E-state index in [1.807, 2.05) is 18.2 Å². The molecule has 0 aliphatic carbocycles. The molecular formula is C22H36N4O2. The van der Waals surface area contributed by atoms with E-state index in [-0.39, 0.29) is 24.5 Å². The van der Waals surface area contributed by atoms with Crippen molar-refractivity contribution in [2.75, 3.05) is 27.2 Å². The summed E-state index contributed by atoms with van der Waals surface area (Å²) in [5.41, 5.74) is 1.13. The van der Waals surface area contributed by atoms with Crippen LogP contribution in [0.25, 0.3) is 0 Å². The summed E-state index contributed by atoms with van der Waals surface area (Å²) >= 11 is 0. The zero-order chi connectivity index (χ0) is 20.5. The molecule has 6 heteroatoms. The molecule has 0 radical (unpaired) electrons. The van der Waals surface area contributed by atoms with Gasteiger partial charge in [0.05, 0.1) is 12.6 Å². The number of rotatable bonds is 8. The molecule has 2 unspecified atom stereocenters. The van der Waals surface area contributed by atoms with E-state index in [0.717, 1.165) is 30.1 Å². The standard InChI is InChI=1S/C22H36N4O2/c1-16(2)9-8-10-17(3)24-22(23-15-21(27)26(4)5)25-19-13-14-28-20-12-7-6-11-18(19)20/h6-7,11-12,16-17,19H,8-10,13-15H2,1-5H3,(H2,23,24,25). The van der Waals surface area contributed by atoms with E-state index in [1.54, 1.807) is 19.0 Å². The molecule has 1 aliphatic heterocycles. The van der Waals surface area contributed by atoms with Crippen molar-refractivity contribution < 1.29 is 9.53 Å². The average Bonchev–Trinajstić information content (AvgIpc) is 2.65. The molecule has 2 rings (SSSR count). The van der Waals surface area contributed by atoms with Crippen LogP contribution in [-0.4, -0.2) is 50.1 Å². The first-order chi connectivity index (χ1) is 13.4. The lowest BCUT2D eigenvalue weighted by Crippen LogP contribution is -2.45. The Morgan fingerprint density at radius 3 is 2.71 bits per heavy atom. The number of amides is 1. The highest BCUT2D eigenvalue weighted by atomic mass is 16.5. The van der Waals surface area contributed by atoms with Crippen molar-refractivity contribution in [2.24, 2.45) is 10.9 Å². The van der Waals surface area contributed by atoms with Gasteiger partial charge in [-0.2, -0.15) is 0 Å². The Hall–Kier alpha value is -2.24. The fourth-order valence-corrected chi connectivity index (χ4v) is 3.22. The Bertz CT molecular complexity index is 658. The summed E-state index contributed by atoms with van der Waals surface area (Å²) in [5, 5.41) is 7.02. The number of nitrogens with zero attached hydrogens (tertiary/aromatic N) is 2. The molecule has 28 heavy (non-hydrogen) atoms. The number of guanidine groups is 1. The van der Waals surface area contributed by atoms with Crippen LogP contribution in [0, 0.1) is 5.92 Å². The van der Waals surface area contributed by atoms with Gasteiger partial charge in [0.25, 0.3) is 0 Å². The largest absolute Gasteiger partial charge is 0.493 e. The van der Waals surface area contributed by atoms with Gasteiger partial charge in [0.2, 0.25) is 5.91 Å². The second-order valence-corrected chi connectivity index (χ2v) is 8.20. The van der Waals surface area contributed by atoms with E-state index in [1.165, 1.54) is 12.8 Å². The minimum atomic E-state index is -0.0130. The molecule has 6 nitrogen and oxygen atoms in total. The average molecular weight is 389 g/mol. The van der Waals surface area contributed by atoms with Crippen LogP contribution in [0.2, 0.25) is 0 Å². The lowest BCUT2D eigenvalue weighted by Gasteiger charge is -2.29. The van der Waals surface area contributed by atoms with Crippen molar-refractivity contribution >= 4 is 11.9 Å². The second-order valence-electron chi connectivity index (χ2n) is 8.20. The third-order valence-electron chi connectivity index (χ3n) is 4.94. The molecule has 1 aromatic rings. The van der Waals surface area contributed by atoms with E-state index in [0.29, 0.717) is 12.6 Å². The quantitative estimate of drug-likeness (QED) is 0.529. The molecule has 1 heterocycles. The van der Waals surface area contributed by atoms with E-state index >= 15 is 0 Å².